The highest BCUT2D eigenvalue weighted by atomic mass is 16.2. The third kappa shape index (κ3) is 4.91. The van der Waals surface area contributed by atoms with Crippen molar-refractivity contribution in [2.24, 2.45) is 14.1 Å². The minimum Gasteiger partial charge on any atom is -0.351 e. The van der Waals surface area contributed by atoms with Gasteiger partial charge < -0.3 is 19.4 Å². The van der Waals surface area contributed by atoms with Crippen LogP contribution in [0.3, 0.4) is 0 Å². The van der Waals surface area contributed by atoms with E-state index in [1.54, 1.807) is 10.6 Å². The predicted molar refractivity (Wildman–Crippen MR) is 136 cm³/mol. The number of aryl methyl sites for hydroxylation is 3. The average Bonchev–Trinajstić information content (AvgIpc) is 3.43. The van der Waals surface area contributed by atoms with E-state index in [0.717, 1.165) is 22.0 Å². The molecular weight excluding hydrogens is 424 g/mol. The number of benzene rings is 2. The molecule has 0 aliphatic carbocycles. The number of likely N-dealkylation sites (N-methyl/N-ethyl adjacent to an activating group) is 1. The summed E-state index contributed by atoms with van der Waals surface area (Å²) < 4.78 is 3.84. The summed E-state index contributed by atoms with van der Waals surface area (Å²) >= 11 is 0. The van der Waals surface area contributed by atoms with Crippen molar-refractivity contribution < 1.29 is 9.59 Å². The first-order valence-corrected chi connectivity index (χ1v) is 11.6. The highest BCUT2D eigenvalue weighted by Crippen LogP contribution is 2.24. The molecule has 4 rings (SSSR count). The summed E-state index contributed by atoms with van der Waals surface area (Å²) in [4.78, 5) is 28.1. The van der Waals surface area contributed by atoms with Crippen molar-refractivity contribution in [2.45, 2.75) is 25.8 Å². The molecule has 0 radical (unpaired) electrons. The Hall–Kier alpha value is -3.80. The average molecular weight is 457 g/mol. The number of carbonyl (C=O) groups excluding carboxylic acids is 2. The fourth-order valence-electron chi connectivity index (χ4n) is 4.50. The predicted octanol–water partition coefficient (Wildman–Crippen LogP) is 4.33. The van der Waals surface area contributed by atoms with Crippen LogP contribution in [0, 0.1) is 6.92 Å². The summed E-state index contributed by atoms with van der Waals surface area (Å²) in [5.41, 5.74) is 4.60. The summed E-state index contributed by atoms with van der Waals surface area (Å²) in [5.74, 6) is -0.112. The number of rotatable bonds is 8. The number of amides is 2. The van der Waals surface area contributed by atoms with Crippen LogP contribution in [0.25, 0.3) is 10.9 Å². The molecule has 2 amide bonds. The monoisotopic (exact) mass is 456 g/mol. The Morgan fingerprint density at radius 2 is 1.74 bits per heavy atom. The second-order valence-electron chi connectivity index (χ2n) is 8.98. The lowest BCUT2D eigenvalue weighted by Crippen LogP contribution is -2.41. The first-order valence-electron chi connectivity index (χ1n) is 11.6. The Morgan fingerprint density at radius 3 is 2.44 bits per heavy atom. The lowest BCUT2D eigenvalue weighted by atomic mass is 9.99. The molecule has 2 heterocycles. The van der Waals surface area contributed by atoms with E-state index in [9.17, 15) is 9.59 Å². The van der Waals surface area contributed by atoms with Crippen LogP contribution in [-0.4, -0.2) is 45.5 Å². The van der Waals surface area contributed by atoms with Crippen LogP contribution in [0.15, 0.2) is 73.1 Å². The van der Waals surface area contributed by atoms with Crippen molar-refractivity contribution in [1.82, 2.24) is 19.4 Å². The Bertz CT molecular complexity index is 1300. The SMILES string of the molecule is Cc1cc(C(=O)N(C)C(CCNC(=O)c2cccn2C)Cc2ccccc2)c2ccn(C)c2c1. The molecule has 2 aromatic heterocycles. The largest absolute Gasteiger partial charge is 0.351 e. The zero-order valence-corrected chi connectivity index (χ0v) is 20.3. The molecule has 1 unspecified atom stereocenters. The molecule has 6 nitrogen and oxygen atoms in total. The number of hydrogen-bond donors (Lipinski definition) is 1. The van der Waals surface area contributed by atoms with E-state index in [0.29, 0.717) is 30.6 Å². The van der Waals surface area contributed by atoms with Crippen molar-refractivity contribution in [3.05, 3.63) is 95.4 Å². The first-order chi connectivity index (χ1) is 16.3. The Labute approximate surface area is 200 Å². The van der Waals surface area contributed by atoms with E-state index in [2.05, 4.69) is 23.5 Å². The minimum absolute atomic E-state index is 0.00501. The fraction of sp³-hybridized carbons (Fsp3) is 0.286. The molecule has 0 aliphatic rings. The molecule has 0 spiro atoms. The van der Waals surface area contributed by atoms with E-state index in [1.165, 1.54) is 0 Å². The van der Waals surface area contributed by atoms with Gasteiger partial charge in [-0.3, -0.25) is 9.59 Å². The van der Waals surface area contributed by atoms with Crippen molar-refractivity contribution in [2.75, 3.05) is 13.6 Å². The normalized spacial score (nSPS) is 12.0. The summed E-state index contributed by atoms with van der Waals surface area (Å²) in [6.07, 6.45) is 5.21. The van der Waals surface area contributed by atoms with Crippen LogP contribution >= 0.6 is 0 Å². The van der Waals surface area contributed by atoms with Crippen molar-refractivity contribution in [3.63, 3.8) is 0 Å². The lowest BCUT2D eigenvalue weighted by molar-refractivity contribution is 0.0724. The highest BCUT2D eigenvalue weighted by molar-refractivity contribution is 6.07. The van der Waals surface area contributed by atoms with Gasteiger partial charge in [0, 0.05) is 62.6 Å². The molecule has 1 atom stereocenters. The summed E-state index contributed by atoms with van der Waals surface area (Å²) in [5, 5.41) is 3.98. The van der Waals surface area contributed by atoms with Crippen LogP contribution in [0.4, 0.5) is 0 Å². The van der Waals surface area contributed by atoms with E-state index in [4.69, 9.17) is 0 Å². The smallest absolute Gasteiger partial charge is 0.267 e. The summed E-state index contributed by atoms with van der Waals surface area (Å²) in [7, 11) is 5.71. The molecule has 0 fully saturated rings. The van der Waals surface area contributed by atoms with Gasteiger partial charge >= 0.3 is 0 Å². The fourth-order valence-corrected chi connectivity index (χ4v) is 4.50. The molecule has 0 bridgehead atoms. The number of nitrogens with zero attached hydrogens (tertiary/aromatic N) is 3. The molecule has 2 aromatic carbocycles. The maximum Gasteiger partial charge on any atom is 0.267 e. The van der Waals surface area contributed by atoms with Crippen molar-refractivity contribution in [3.8, 4) is 0 Å². The van der Waals surface area contributed by atoms with Crippen molar-refractivity contribution in [1.29, 1.82) is 0 Å². The van der Waals surface area contributed by atoms with Gasteiger partial charge in [0.25, 0.3) is 11.8 Å². The zero-order chi connectivity index (χ0) is 24.2. The van der Waals surface area contributed by atoms with Crippen LogP contribution in [-0.2, 0) is 20.5 Å². The van der Waals surface area contributed by atoms with Gasteiger partial charge in [-0.2, -0.15) is 0 Å². The maximum atomic E-state index is 13.7. The Balaban J connectivity index is 1.55. The Kier molecular flexibility index (Phi) is 6.87. The Morgan fingerprint density at radius 1 is 0.971 bits per heavy atom. The molecule has 4 aromatic rings. The number of hydrogen-bond acceptors (Lipinski definition) is 2. The third-order valence-electron chi connectivity index (χ3n) is 6.50. The molecule has 0 saturated carbocycles. The molecule has 6 heteroatoms. The second kappa shape index (κ2) is 10.00. The molecule has 176 valence electrons. The molecule has 0 aliphatic heterocycles. The van der Waals surface area contributed by atoms with Crippen LogP contribution in [0.2, 0.25) is 0 Å². The van der Waals surface area contributed by atoms with E-state index >= 15 is 0 Å². The molecule has 34 heavy (non-hydrogen) atoms. The van der Waals surface area contributed by atoms with Gasteiger partial charge in [-0.05, 0) is 61.2 Å². The second-order valence-corrected chi connectivity index (χ2v) is 8.98. The van der Waals surface area contributed by atoms with Gasteiger partial charge in [0.1, 0.15) is 5.69 Å². The van der Waals surface area contributed by atoms with E-state index in [-0.39, 0.29) is 17.9 Å². The maximum absolute atomic E-state index is 13.7. The van der Waals surface area contributed by atoms with Crippen LogP contribution < -0.4 is 5.32 Å². The van der Waals surface area contributed by atoms with Gasteiger partial charge in [-0.1, -0.05) is 30.3 Å². The van der Waals surface area contributed by atoms with Crippen LogP contribution in [0.5, 0.6) is 0 Å². The third-order valence-corrected chi connectivity index (χ3v) is 6.50. The molecular formula is C28H32N4O2. The van der Waals surface area contributed by atoms with E-state index < -0.39 is 0 Å². The number of nitrogens with one attached hydrogen (secondary N) is 1. The van der Waals surface area contributed by atoms with Gasteiger partial charge in [0.05, 0.1) is 0 Å². The highest BCUT2D eigenvalue weighted by Gasteiger charge is 2.24. The summed E-state index contributed by atoms with van der Waals surface area (Å²) in [6, 6.07) is 19.8. The van der Waals surface area contributed by atoms with E-state index in [1.807, 2.05) is 86.3 Å². The number of carbonyl (C=O) groups is 2. The minimum atomic E-state index is -0.107. The molecule has 1 N–H and O–H groups in total. The topological polar surface area (TPSA) is 59.3 Å². The van der Waals surface area contributed by atoms with Crippen LogP contribution in [0.1, 0.15) is 38.4 Å². The van der Waals surface area contributed by atoms with Gasteiger partial charge in [-0.15, -0.1) is 0 Å². The molecule has 0 saturated heterocycles. The van der Waals surface area contributed by atoms with Gasteiger partial charge in [-0.25, -0.2) is 0 Å². The van der Waals surface area contributed by atoms with Gasteiger partial charge in [0.2, 0.25) is 0 Å². The number of aromatic nitrogens is 2. The zero-order valence-electron chi connectivity index (χ0n) is 20.3. The summed E-state index contributed by atoms with van der Waals surface area (Å²) in [6.45, 7) is 2.50. The van der Waals surface area contributed by atoms with Gasteiger partial charge in [0.15, 0.2) is 0 Å². The number of fused-ring (bicyclic) bond motifs is 1. The standard InChI is InChI=1S/C28H32N4O2/c1-20-17-24(23-13-16-31(3)26(23)18-20)28(34)32(4)22(19-21-9-6-5-7-10-21)12-14-29-27(33)25-11-8-15-30(25)2/h5-11,13,15-18,22H,12,14,19H2,1-4H3,(H,29,33). The first kappa shape index (κ1) is 23.4. The quantitative estimate of drug-likeness (QED) is 0.429. The lowest BCUT2D eigenvalue weighted by Gasteiger charge is -2.29. The van der Waals surface area contributed by atoms with Crippen molar-refractivity contribution >= 4 is 22.7 Å².